The molecule has 0 spiro atoms. The van der Waals surface area contributed by atoms with Gasteiger partial charge in [-0.05, 0) is 38.0 Å². The van der Waals surface area contributed by atoms with Gasteiger partial charge in [-0.2, -0.15) is 4.31 Å². The maximum atomic E-state index is 15.2. The largest absolute Gasteiger partial charge is 0.496 e. The second kappa shape index (κ2) is 9.92. The van der Waals surface area contributed by atoms with Gasteiger partial charge in [0.25, 0.3) is 0 Å². The lowest BCUT2D eigenvalue weighted by molar-refractivity contribution is -0.129. The van der Waals surface area contributed by atoms with E-state index in [2.05, 4.69) is 0 Å². The molecule has 184 valence electrons. The SMILES string of the molecule is COc1ccccc1C1CCC(C)N(Cc2ccc(N3CCN(C(C)=O)CC3)cc2F)S1(=O)=O. The molecule has 2 aliphatic heterocycles. The van der Waals surface area contributed by atoms with Crippen LogP contribution in [0.5, 0.6) is 5.75 Å². The smallest absolute Gasteiger partial charge is 0.221 e. The van der Waals surface area contributed by atoms with Gasteiger partial charge >= 0.3 is 0 Å². The van der Waals surface area contributed by atoms with Gasteiger partial charge in [-0.15, -0.1) is 0 Å². The molecule has 2 aromatic rings. The fourth-order valence-electron chi connectivity index (χ4n) is 4.90. The van der Waals surface area contributed by atoms with Gasteiger partial charge in [0.2, 0.25) is 15.9 Å². The number of nitrogens with zero attached hydrogens (tertiary/aromatic N) is 3. The van der Waals surface area contributed by atoms with E-state index in [4.69, 9.17) is 4.74 Å². The lowest BCUT2D eigenvalue weighted by Gasteiger charge is -2.38. The molecule has 2 aromatic carbocycles. The van der Waals surface area contributed by atoms with Gasteiger partial charge in [-0.3, -0.25) is 4.79 Å². The van der Waals surface area contributed by atoms with E-state index >= 15 is 4.39 Å². The molecule has 2 aliphatic rings. The van der Waals surface area contributed by atoms with Crippen molar-refractivity contribution in [3.8, 4) is 5.75 Å². The Bertz CT molecular complexity index is 1150. The normalized spacial score (nSPS) is 23.1. The van der Waals surface area contributed by atoms with E-state index in [1.807, 2.05) is 30.0 Å². The zero-order chi connectivity index (χ0) is 24.5. The average molecular weight is 490 g/mol. The van der Waals surface area contributed by atoms with Gasteiger partial charge in [-0.1, -0.05) is 24.3 Å². The number of ether oxygens (including phenoxy) is 1. The van der Waals surface area contributed by atoms with Crippen LogP contribution in [0.3, 0.4) is 0 Å². The topological polar surface area (TPSA) is 70.2 Å². The minimum atomic E-state index is -3.72. The Hall–Kier alpha value is -2.65. The van der Waals surface area contributed by atoms with Gasteiger partial charge in [0.15, 0.2) is 0 Å². The fraction of sp³-hybridized carbons (Fsp3) is 0.480. The highest BCUT2D eigenvalue weighted by Gasteiger charge is 2.41. The second-order valence-corrected chi connectivity index (χ2v) is 11.1. The number of halogens is 1. The number of amides is 1. The number of piperazine rings is 1. The molecule has 2 unspecified atom stereocenters. The molecule has 0 aliphatic carbocycles. The van der Waals surface area contributed by atoms with Crippen molar-refractivity contribution in [3.63, 3.8) is 0 Å². The molecule has 2 fully saturated rings. The number of sulfonamides is 1. The first-order valence-corrected chi connectivity index (χ1v) is 13.1. The molecule has 0 bridgehead atoms. The maximum absolute atomic E-state index is 15.2. The fourth-order valence-corrected chi connectivity index (χ4v) is 7.11. The molecule has 7 nitrogen and oxygen atoms in total. The van der Waals surface area contributed by atoms with E-state index < -0.39 is 21.1 Å². The summed E-state index contributed by atoms with van der Waals surface area (Å²) >= 11 is 0. The van der Waals surface area contributed by atoms with Crippen LogP contribution in [0, 0.1) is 5.82 Å². The van der Waals surface area contributed by atoms with Gasteiger partial charge in [0.05, 0.1) is 7.11 Å². The molecule has 2 heterocycles. The number of hydrogen-bond acceptors (Lipinski definition) is 5. The molecule has 34 heavy (non-hydrogen) atoms. The van der Waals surface area contributed by atoms with Crippen LogP contribution in [-0.4, -0.2) is 62.9 Å². The quantitative estimate of drug-likeness (QED) is 0.642. The molecule has 4 rings (SSSR count). The van der Waals surface area contributed by atoms with Crippen LogP contribution in [0.2, 0.25) is 0 Å². The van der Waals surface area contributed by atoms with Crippen molar-refractivity contribution in [2.24, 2.45) is 0 Å². The molecule has 0 saturated carbocycles. The summed E-state index contributed by atoms with van der Waals surface area (Å²) in [6, 6.07) is 11.9. The molecular formula is C25H32FN3O4S. The second-order valence-electron chi connectivity index (χ2n) is 9.02. The molecule has 2 atom stereocenters. The highest BCUT2D eigenvalue weighted by molar-refractivity contribution is 7.89. The highest BCUT2D eigenvalue weighted by Crippen LogP contribution is 2.41. The van der Waals surface area contributed by atoms with Crippen molar-refractivity contribution in [1.82, 2.24) is 9.21 Å². The molecule has 0 radical (unpaired) electrons. The highest BCUT2D eigenvalue weighted by atomic mass is 32.2. The zero-order valence-electron chi connectivity index (χ0n) is 19.9. The minimum absolute atomic E-state index is 0.0145. The summed E-state index contributed by atoms with van der Waals surface area (Å²) in [6.45, 7) is 5.89. The summed E-state index contributed by atoms with van der Waals surface area (Å²) in [6.07, 6.45) is 1.18. The first-order valence-electron chi connectivity index (χ1n) is 11.6. The predicted molar refractivity (Wildman–Crippen MR) is 130 cm³/mol. The number of rotatable bonds is 5. The van der Waals surface area contributed by atoms with Gasteiger partial charge in [0.1, 0.15) is 16.8 Å². The Labute approximate surface area is 201 Å². The molecule has 2 saturated heterocycles. The van der Waals surface area contributed by atoms with E-state index in [0.717, 1.165) is 5.69 Å². The van der Waals surface area contributed by atoms with Crippen LogP contribution in [0.15, 0.2) is 42.5 Å². The molecule has 1 amide bonds. The minimum Gasteiger partial charge on any atom is -0.496 e. The van der Waals surface area contributed by atoms with Crippen LogP contribution < -0.4 is 9.64 Å². The number of carbonyl (C=O) groups excluding carboxylic acids is 1. The summed E-state index contributed by atoms with van der Waals surface area (Å²) in [7, 11) is -2.19. The summed E-state index contributed by atoms with van der Waals surface area (Å²) in [5.41, 5.74) is 1.73. The first kappa shape index (κ1) is 24.5. The van der Waals surface area contributed by atoms with E-state index in [-0.39, 0.29) is 18.5 Å². The van der Waals surface area contributed by atoms with E-state index in [1.165, 1.54) is 17.5 Å². The third-order valence-corrected chi connectivity index (χ3v) is 9.31. The lowest BCUT2D eigenvalue weighted by atomic mass is 10.0. The molecule has 0 aromatic heterocycles. The summed E-state index contributed by atoms with van der Waals surface area (Å²) < 4.78 is 49.2. The number of para-hydroxylation sites is 1. The lowest BCUT2D eigenvalue weighted by Crippen LogP contribution is -2.48. The molecule has 0 N–H and O–H groups in total. The van der Waals surface area contributed by atoms with Crippen molar-refractivity contribution in [2.75, 3.05) is 38.2 Å². The molecule has 9 heteroatoms. The third kappa shape index (κ3) is 4.77. The Morgan fingerprint density at radius 1 is 1.09 bits per heavy atom. The van der Waals surface area contributed by atoms with Crippen LogP contribution in [0.4, 0.5) is 10.1 Å². The van der Waals surface area contributed by atoms with Crippen LogP contribution >= 0.6 is 0 Å². The molecular weight excluding hydrogens is 457 g/mol. The number of hydrogen-bond donors (Lipinski definition) is 0. The number of methoxy groups -OCH3 is 1. The first-order chi connectivity index (χ1) is 16.2. The van der Waals surface area contributed by atoms with Crippen molar-refractivity contribution in [1.29, 1.82) is 0 Å². The Morgan fingerprint density at radius 3 is 2.44 bits per heavy atom. The van der Waals surface area contributed by atoms with E-state index in [9.17, 15) is 13.2 Å². The van der Waals surface area contributed by atoms with Crippen molar-refractivity contribution >= 4 is 21.6 Å². The van der Waals surface area contributed by atoms with E-state index in [0.29, 0.717) is 55.9 Å². The average Bonchev–Trinajstić information content (AvgIpc) is 2.82. The van der Waals surface area contributed by atoms with Gasteiger partial charge < -0.3 is 14.5 Å². The van der Waals surface area contributed by atoms with Crippen LogP contribution in [0.25, 0.3) is 0 Å². The number of anilines is 1. The van der Waals surface area contributed by atoms with Crippen LogP contribution in [0.1, 0.15) is 43.1 Å². The van der Waals surface area contributed by atoms with Crippen LogP contribution in [-0.2, 0) is 21.4 Å². The Morgan fingerprint density at radius 2 is 1.79 bits per heavy atom. The zero-order valence-corrected chi connectivity index (χ0v) is 20.7. The Kier molecular flexibility index (Phi) is 7.14. The number of benzene rings is 2. The van der Waals surface area contributed by atoms with Crippen molar-refractivity contribution < 1.29 is 22.3 Å². The summed E-state index contributed by atoms with van der Waals surface area (Å²) in [5.74, 6) is 0.170. The van der Waals surface area contributed by atoms with Crippen molar-refractivity contribution in [3.05, 3.63) is 59.4 Å². The standard InChI is InChI=1S/C25H32FN3O4S/c1-18-8-11-25(22-6-4-5-7-24(22)33-3)34(31,32)29(18)17-20-9-10-21(16-23(20)26)28-14-12-27(13-15-28)19(2)30/h4-7,9-10,16,18,25H,8,11-15,17H2,1-3H3. The number of carbonyl (C=O) groups is 1. The maximum Gasteiger partial charge on any atom is 0.221 e. The van der Waals surface area contributed by atoms with E-state index in [1.54, 1.807) is 30.0 Å². The predicted octanol–water partition coefficient (Wildman–Crippen LogP) is 3.56. The third-order valence-electron chi connectivity index (χ3n) is 6.96. The van der Waals surface area contributed by atoms with Gasteiger partial charge in [-0.25, -0.2) is 12.8 Å². The Balaban J connectivity index is 1.54. The van der Waals surface area contributed by atoms with Crippen molar-refractivity contribution in [2.45, 2.75) is 44.5 Å². The summed E-state index contributed by atoms with van der Waals surface area (Å²) in [4.78, 5) is 15.4. The monoisotopic (exact) mass is 489 g/mol. The van der Waals surface area contributed by atoms with Gasteiger partial charge in [0, 0.05) is 62.5 Å². The summed E-state index contributed by atoms with van der Waals surface area (Å²) in [5, 5.41) is -0.722.